The van der Waals surface area contributed by atoms with Crippen molar-refractivity contribution in [2.75, 3.05) is 6.54 Å². The number of rotatable bonds is 4. The lowest BCUT2D eigenvalue weighted by atomic mass is 10.1. The van der Waals surface area contributed by atoms with E-state index in [0.717, 1.165) is 5.56 Å². The molecule has 0 saturated heterocycles. The highest BCUT2D eigenvalue weighted by atomic mass is 16.1. The fraction of sp³-hybridized carbons (Fsp3) is 0.333. The lowest BCUT2D eigenvalue weighted by Gasteiger charge is -1.98. The number of ketones is 1. The third-order valence-electron chi connectivity index (χ3n) is 2.36. The Kier molecular flexibility index (Phi) is 5.66. The minimum atomic E-state index is -0.0488. The van der Waals surface area contributed by atoms with Gasteiger partial charge >= 0.3 is 0 Å². The number of benzene rings is 1. The van der Waals surface area contributed by atoms with Crippen LogP contribution in [0.5, 0.6) is 0 Å². The lowest BCUT2D eigenvalue weighted by Crippen LogP contribution is -2.20. The number of nitrogens with one attached hydrogen (secondary N) is 1. The van der Waals surface area contributed by atoms with Gasteiger partial charge in [0, 0.05) is 37.4 Å². The molecule has 0 saturated carbocycles. The first kappa shape index (κ1) is 14.0. The standard InChI is InChI=1S/C15H17NO2/c1-3-15(18)14-9-6-8-13(11-14)7-4-5-10-16-12(2)17/h6,8-9,11H,3,5,10H2,1-2H3,(H,16,17). The predicted molar refractivity (Wildman–Crippen MR) is 71.2 cm³/mol. The molecule has 94 valence electrons. The molecule has 0 radical (unpaired) electrons. The van der Waals surface area contributed by atoms with Gasteiger partial charge in [-0.3, -0.25) is 9.59 Å². The van der Waals surface area contributed by atoms with Crippen LogP contribution in [0.3, 0.4) is 0 Å². The summed E-state index contributed by atoms with van der Waals surface area (Å²) in [7, 11) is 0. The summed E-state index contributed by atoms with van der Waals surface area (Å²) in [6, 6.07) is 7.31. The fourth-order valence-electron chi connectivity index (χ4n) is 1.44. The van der Waals surface area contributed by atoms with Crippen LogP contribution in [0.2, 0.25) is 0 Å². The number of Topliss-reactive ketones (excluding diaryl/α,β-unsaturated/α-hetero) is 1. The maximum atomic E-state index is 11.5. The number of hydrogen-bond acceptors (Lipinski definition) is 2. The van der Waals surface area contributed by atoms with E-state index in [2.05, 4.69) is 17.2 Å². The van der Waals surface area contributed by atoms with Crippen LogP contribution < -0.4 is 5.32 Å². The molecular formula is C15H17NO2. The zero-order valence-electron chi connectivity index (χ0n) is 10.7. The first-order chi connectivity index (χ1) is 8.63. The molecule has 0 bridgehead atoms. The number of carbonyl (C=O) groups is 2. The van der Waals surface area contributed by atoms with Crippen LogP contribution in [0.15, 0.2) is 24.3 Å². The van der Waals surface area contributed by atoms with E-state index < -0.39 is 0 Å². The number of carbonyl (C=O) groups excluding carboxylic acids is 2. The summed E-state index contributed by atoms with van der Waals surface area (Å²) in [6.45, 7) is 3.87. The summed E-state index contributed by atoms with van der Waals surface area (Å²) in [5, 5.41) is 2.67. The van der Waals surface area contributed by atoms with Crippen LogP contribution in [0, 0.1) is 11.8 Å². The topological polar surface area (TPSA) is 46.2 Å². The lowest BCUT2D eigenvalue weighted by molar-refractivity contribution is -0.118. The molecule has 1 aromatic carbocycles. The largest absolute Gasteiger partial charge is 0.355 e. The molecule has 0 heterocycles. The molecule has 1 N–H and O–H groups in total. The summed E-state index contributed by atoms with van der Waals surface area (Å²) in [5.41, 5.74) is 1.53. The van der Waals surface area contributed by atoms with Crippen molar-refractivity contribution >= 4 is 11.7 Å². The molecule has 0 atom stereocenters. The number of hydrogen-bond donors (Lipinski definition) is 1. The number of amides is 1. The Morgan fingerprint density at radius 1 is 1.33 bits per heavy atom. The SMILES string of the molecule is CCC(=O)c1cccc(C#CCCNC(C)=O)c1. The van der Waals surface area contributed by atoms with E-state index in [1.807, 2.05) is 19.1 Å². The Morgan fingerprint density at radius 2 is 2.11 bits per heavy atom. The second-order valence-corrected chi connectivity index (χ2v) is 3.89. The summed E-state index contributed by atoms with van der Waals surface area (Å²) in [5.74, 6) is 6.02. The highest BCUT2D eigenvalue weighted by molar-refractivity contribution is 5.96. The molecule has 0 unspecified atom stereocenters. The Balaban J connectivity index is 2.59. The van der Waals surface area contributed by atoms with Crippen LogP contribution >= 0.6 is 0 Å². The van der Waals surface area contributed by atoms with Gasteiger partial charge < -0.3 is 5.32 Å². The molecule has 18 heavy (non-hydrogen) atoms. The highest BCUT2D eigenvalue weighted by Crippen LogP contribution is 2.06. The van der Waals surface area contributed by atoms with Crippen molar-refractivity contribution in [3.8, 4) is 11.8 Å². The minimum Gasteiger partial charge on any atom is -0.355 e. The summed E-state index contributed by atoms with van der Waals surface area (Å²) < 4.78 is 0. The van der Waals surface area contributed by atoms with Gasteiger partial charge in [0.15, 0.2) is 5.78 Å². The summed E-state index contributed by atoms with van der Waals surface area (Å²) in [6.07, 6.45) is 1.10. The van der Waals surface area contributed by atoms with E-state index in [9.17, 15) is 9.59 Å². The Bertz CT molecular complexity index is 495. The molecule has 3 nitrogen and oxygen atoms in total. The van der Waals surface area contributed by atoms with Crippen molar-refractivity contribution in [1.29, 1.82) is 0 Å². The molecular weight excluding hydrogens is 226 g/mol. The van der Waals surface area contributed by atoms with E-state index in [1.165, 1.54) is 6.92 Å². The molecule has 0 aromatic heterocycles. The smallest absolute Gasteiger partial charge is 0.216 e. The van der Waals surface area contributed by atoms with Crippen LogP contribution in [-0.4, -0.2) is 18.2 Å². The van der Waals surface area contributed by atoms with Gasteiger partial charge in [0.1, 0.15) is 0 Å². The molecule has 1 amide bonds. The van der Waals surface area contributed by atoms with Gasteiger partial charge in [-0.15, -0.1) is 0 Å². The average Bonchev–Trinajstić information content (AvgIpc) is 2.37. The van der Waals surface area contributed by atoms with Gasteiger partial charge in [-0.1, -0.05) is 30.9 Å². The van der Waals surface area contributed by atoms with E-state index in [0.29, 0.717) is 24.9 Å². The molecule has 0 fully saturated rings. The van der Waals surface area contributed by atoms with Crippen LogP contribution in [0.1, 0.15) is 42.6 Å². The zero-order valence-corrected chi connectivity index (χ0v) is 10.7. The normalized spacial score (nSPS) is 9.22. The maximum Gasteiger partial charge on any atom is 0.216 e. The van der Waals surface area contributed by atoms with Crippen molar-refractivity contribution in [3.05, 3.63) is 35.4 Å². The summed E-state index contributed by atoms with van der Waals surface area (Å²) in [4.78, 5) is 22.2. The van der Waals surface area contributed by atoms with Gasteiger partial charge in [0.05, 0.1) is 0 Å². The first-order valence-corrected chi connectivity index (χ1v) is 6.00. The van der Waals surface area contributed by atoms with Gasteiger partial charge in [-0.05, 0) is 12.1 Å². The van der Waals surface area contributed by atoms with Gasteiger partial charge in [0.2, 0.25) is 5.91 Å². The summed E-state index contributed by atoms with van der Waals surface area (Å²) >= 11 is 0. The molecule has 0 aliphatic rings. The van der Waals surface area contributed by atoms with Gasteiger partial charge in [0.25, 0.3) is 0 Å². The second-order valence-electron chi connectivity index (χ2n) is 3.89. The molecule has 0 spiro atoms. The second kappa shape index (κ2) is 7.29. The maximum absolute atomic E-state index is 11.5. The fourth-order valence-corrected chi connectivity index (χ4v) is 1.44. The molecule has 3 heteroatoms. The van der Waals surface area contributed by atoms with Crippen molar-refractivity contribution in [3.63, 3.8) is 0 Å². The molecule has 0 aliphatic carbocycles. The van der Waals surface area contributed by atoms with Crippen molar-refractivity contribution in [2.24, 2.45) is 0 Å². The predicted octanol–water partition coefficient (Wildman–Crippen LogP) is 2.16. The first-order valence-electron chi connectivity index (χ1n) is 6.00. The Morgan fingerprint density at radius 3 is 2.78 bits per heavy atom. The van der Waals surface area contributed by atoms with Gasteiger partial charge in [-0.2, -0.15) is 0 Å². The molecule has 1 rings (SSSR count). The minimum absolute atomic E-state index is 0.0488. The van der Waals surface area contributed by atoms with Crippen LogP contribution in [0.4, 0.5) is 0 Å². The Labute approximate surface area is 108 Å². The molecule has 1 aromatic rings. The zero-order chi connectivity index (χ0) is 13.4. The van der Waals surface area contributed by atoms with E-state index in [1.54, 1.807) is 12.1 Å². The monoisotopic (exact) mass is 243 g/mol. The van der Waals surface area contributed by atoms with Crippen molar-refractivity contribution < 1.29 is 9.59 Å². The quantitative estimate of drug-likeness (QED) is 0.500. The third kappa shape index (κ3) is 4.84. The van der Waals surface area contributed by atoms with Gasteiger partial charge in [-0.25, -0.2) is 0 Å². The third-order valence-corrected chi connectivity index (χ3v) is 2.36. The van der Waals surface area contributed by atoms with E-state index in [4.69, 9.17) is 0 Å². The van der Waals surface area contributed by atoms with Crippen LogP contribution in [-0.2, 0) is 4.79 Å². The molecule has 0 aliphatic heterocycles. The van der Waals surface area contributed by atoms with Crippen molar-refractivity contribution in [1.82, 2.24) is 5.32 Å². The average molecular weight is 243 g/mol. The van der Waals surface area contributed by atoms with E-state index >= 15 is 0 Å². The highest BCUT2D eigenvalue weighted by Gasteiger charge is 2.01. The van der Waals surface area contributed by atoms with Crippen LogP contribution in [0.25, 0.3) is 0 Å². The Hall–Kier alpha value is -2.08. The van der Waals surface area contributed by atoms with E-state index in [-0.39, 0.29) is 11.7 Å². The van der Waals surface area contributed by atoms with Crippen molar-refractivity contribution in [2.45, 2.75) is 26.7 Å².